The van der Waals surface area contributed by atoms with Crippen LogP contribution in [-0.4, -0.2) is 56.2 Å². The number of aliphatic hydroxyl groups excluding tert-OH is 2. The SMILES string of the molecule is OCc1cc(/C=C/c2cc(O)cc(O)c2)ccc1O.OCc1ccc(/C=C/c2cc(O)cc(O)c2)cc1O.Oc1ccc(/C=C/c2cc(O)cc(O)c2)cc1. The molecule has 11 N–H and O–H groups in total. The predicted molar refractivity (Wildman–Crippen MR) is 212 cm³/mol. The minimum absolute atomic E-state index is 0.0126. The van der Waals surface area contributed by atoms with Crippen molar-refractivity contribution in [2.45, 2.75) is 13.2 Å². The van der Waals surface area contributed by atoms with Crippen molar-refractivity contribution in [2.24, 2.45) is 0 Å². The van der Waals surface area contributed by atoms with Gasteiger partial charge in [-0.1, -0.05) is 66.8 Å². The number of rotatable bonds is 8. The van der Waals surface area contributed by atoms with E-state index in [1.165, 1.54) is 54.6 Å². The number of aromatic hydroxyl groups is 9. The van der Waals surface area contributed by atoms with Crippen LogP contribution in [0.4, 0.5) is 0 Å². The fourth-order valence-electron chi connectivity index (χ4n) is 4.96. The Labute approximate surface area is 316 Å². The summed E-state index contributed by atoms with van der Waals surface area (Å²) in [5.74, 6) is 0.292. The molecule has 11 heteroatoms. The zero-order valence-corrected chi connectivity index (χ0v) is 29.3. The first kappa shape index (κ1) is 40.4. The Balaban J connectivity index is 0.000000184. The van der Waals surface area contributed by atoms with Gasteiger partial charge in [0.05, 0.1) is 13.2 Å². The summed E-state index contributed by atoms with van der Waals surface area (Å²) in [4.78, 5) is 0. The first-order valence-electron chi connectivity index (χ1n) is 16.6. The van der Waals surface area contributed by atoms with Gasteiger partial charge in [0.15, 0.2) is 0 Å². The molecule has 0 aliphatic carbocycles. The molecule has 0 spiro atoms. The summed E-state index contributed by atoms with van der Waals surface area (Å²) < 4.78 is 0. The summed E-state index contributed by atoms with van der Waals surface area (Å²) in [6.45, 7) is -0.448. The second-order valence-corrected chi connectivity index (χ2v) is 12.0. The average molecular weight is 745 g/mol. The van der Waals surface area contributed by atoms with E-state index in [0.717, 1.165) is 16.7 Å². The summed E-state index contributed by atoms with van der Waals surface area (Å²) in [6, 6.07) is 29.5. The number of hydrogen-bond donors (Lipinski definition) is 11. The van der Waals surface area contributed by atoms with Gasteiger partial charge in [0.25, 0.3) is 0 Å². The zero-order valence-electron chi connectivity index (χ0n) is 29.3. The second-order valence-electron chi connectivity index (χ2n) is 12.0. The van der Waals surface area contributed by atoms with Crippen molar-refractivity contribution >= 4 is 36.5 Å². The van der Waals surface area contributed by atoms with Crippen LogP contribution in [0.1, 0.15) is 44.5 Å². The summed E-state index contributed by atoms with van der Waals surface area (Å²) in [6.07, 6.45) is 10.5. The van der Waals surface area contributed by atoms with Crippen LogP contribution in [0.5, 0.6) is 51.7 Å². The van der Waals surface area contributed by atoms with Crippen molar-refractivity contribution < 1.29 is 56.2 Å². The molecule has 0 bridgehead atoms. The quantitative estimate of drug-likeness (QED) is 0.0672. The van der Waals surface area contributed by atoms with E-state index in [-0.39, 0.29) is 65.0 Å². The molecule has 0 saturated carbocycles. The number of benzene rings is 6. The van der Waals surface area contributed by atoms with E-state index in [1.54, 1.807) is 91.0 Å². The summed E-state index contributed by atoms with van der Waals surface area (Å²) >= 11 is 0. The van der Waals surface area contributed by atoms with Crippen molar-refractivity contribution in [2.75, 3.05) is 0 Å². The summed E-state index contributed by atoms with van der Waals surface area (Å²) in [5.41, 5.74) is 5.37. The van der Waals surface area contributed by atoms with Gasteiger partial charge in [-0.3, -0.25) is 0 Å². The third-order valence-corrected chi connectivity index (χ3v) is 7.63. The molecule has 55 heavy (non-hydrogen) atoms. The minimum atomic E-state index is -0.236. The second kappa shape index (κ2) is 19.5. The normalized spacial score (nSPS) is 10.9. The first-order valence-corrected chi connectivity index (χ1v) is 16.6. The summed E-state index contributed by atoms with van der Waals surface area (Å²) in [5, 5.41) is 102. The van der Waals surface area contributed by atoms with Crippen LogP contribution < -0.4 is 0 Å². The van der Waals surface area contributed by atoms with Crippen molar-refractivity contribution in [3.63, 3.8) is 0 Å². The van der Waals surface area contributed by atoms with E-state index in [4.69, 9.17) is 15.3 Å². The maximum absolute atomic E-state index is 9.60. The van der Waals surface area contributed by atoms with Crippen molar-refractivity contribution in [3.05, 3.63) is 160 Å². The molecular formula is C44H40O11. The van der Waals surface area contributed by atoms with Gasteiger partial charge < -0.3 is 56.2 Å². The van der Waals surface area contributed by atoms with Crippen LogP contribution in [0.3, 0.4) is 0 Å². The maximum Gasteiger partial charge on any atom is 0.121 e. The molecule has 0 unspecified atom stereocenters. The van der Waals surface area contributed by atoms with E-state index in [2.05, 4.69) is 0 Å². The van der Waals surface area contributed by atoms with Crippen LogP contribution in [0, 0.1) is 0 Å². The monoisotopic (exact) mass is 744 g/mol. The molecule has 6 aromatic carbocycles. The molecule has 0 amide bonds. The van der Waals surface area contributed by atoms with Crippen LogP contribution in [0.25, 0.3) is 36.5 Å². The van der Waals surface area contributed by atoms with Gasteiger partial charge in [-0.25, -0.2) is 0 Å². The Hall–Kier alpha value is -7.34. The van der Waals surface area contributed by atoms with E-state index in [9.17, 15) is 40.9 Å². The molecule has 0 aromatic heterocycles. The van der Waals surface area contributed by atoms with Gasteiger partial charge >= 0.3 is 0 Å². The average Bonchev–Trinajstić information content (AvgIpc) is 3.13. The Morgan fingerprint density at radius 2 is 0.618 bits per heavy atom. The fourth-order valence-corrected chi connectivity index (χ4v) is 4.96. The predicted octanol–water partition coefficient (Wildman–Crippen LogP) is 7.91. The largest absolute Gasteiger partial charge is 0.508 e. The van der Waals surface area contributed by atoms with Gasteiger partial charge in [0.2, 0.25) is 0 Å². The summed E-state index contributed by atoms with van der Waals surface area (Å²) in [7, 11) is 0. The lowest BCUT2D eigenvalue weighted by atomic mass is 10.1. The topological polar surface area (TPSA) is 223 Å². The zero-order chi connectivity index (χ0) is 39.9. The third kappa shape index (κ3) is 13.3. The Bertz CT molecular complexity index is 2230. The van der Waals surface area contributed by atoms with E-state index in [1.807, 2.05) is 6.08 Å². The number of phenolic OH excluding ortho intramolecular Hbond substituents is 7. The molecule has 0 aliphatic heterocycles. The van der Waals surface area contributed by atoms with Gasteiger partial charge in [-0.05, 0) is 100 Å². The lowest BCUT2D eigenvalue weighted by Gasteiger charge is -2.02. The number of hydrogen-bond acceptors (Lipinski definition) is 11. The molecule has 0 atom stereocenters. The van der Waals surface area contributed by atoms with Crippen molar-refractivity contribution in [3.8, 4) is 51.7 Å². The lowest BCUT2D eigenvalue weighted by Crippen LogP contribution is -1.85. The van der Waals surface area contributed by atoms with E-state index < -0.39 is 0 Å². The third-order valence-electron chi connectivity index (χ3n) is 7.63. The Morgan fingerprint density at radius 3 is 1.02 bits per heavy atom. The molecule has 0 fully saturated rings. The highest BCUT2D eigenvalue weighted by Crippen LogP contribution is 2.26. The number of aliphatic hydroxyl groups is 2. The molecule has 0 radical (unpaired) electrons. The van der Waals surface area contributed by atoms with Gasteiger partial charge in [0.1, 0.15) is 51.7 Å². The maximum atomic E-state index is 9.60. The molecular weight excluding hydrogens is 704 g/mol. The van der Waals surface area contributed by atoms with Crippen molar-refractivity contribution in [1.29, 1.82) is 0 Å². The standard InChI is InChI=1S/2C15H14O4.C14H12O3/c16-9-12-4-3-10(7-15(12)19)1-2-11-5-13(17)8-14(18)6-11;16-9-12-5-10(3-4-15(12)19)1-2-11-6-13(17)8-14(18)7-11;15-12-5-3-10(4-6-12)1-2-11-7-13(16)9-14(17)8-11/h2*1-8,16-19H,9H2;1-9,15-17H/b3*2-1+. The highest BCUT2D eigenvalue weighted by Gasteiger charge is 2.02. The van der Waals surface area contributed by atoms with E-state index in [0.29, 0.717) is 27.8 Å². The highest BCUT2D eigenvalue weighted by atomic mass is 16.3. The molecule has 0 saturated heterocycles. The smallest absolute Gasteiger partial charge is 0.121 e. The van der Waals surface area contributed by atoms with Gasteiger partial charge in [-0.2, -0.15) is 0 Å². The van der Waals surface area contributed by atoms with Gasteiger partial charge in [-0.15, -0.1) is 0 Å². The van der Waals surface area contributed by atoms with Crippen molar-refractivity contribution in [1.82, 2.24) is 0 Å². The molecule has 0 heterocycles. The molecule has 6 rings (SSSR count). The lowest BCUT2D eigenvalue weighted by molar-refractivity contribution is 0.275. The molecule has 11 nitrogen and oxygen atoms in total. The molecule has 6 aromatic rings. The fraction of sp³-hybridized carbons (Fsp3) is 0.0455. The van der Waals surface area contributed by atoms with E-state index >= 15 is 0 Å². The highest BCUT2D eigenvalue weighted by molar-refractivity contribution is 5.73. The first-order chi connectivity index (χ1) is 26.3. The van der Waals surface area contributed by atoms with Crippen LogP contribution in [0.2, 0.25) is 0 Å². The van der Waals surface area contributed by atoms with Crippen LogP contribution in [0.15, 0.2) is 115 Å². The molecule has 0 aliphatic rings. The minimum Gasteiger partial charge on any atom is -0.508 e. The Morgan fingerprint density at radius 1 is 0.273 bits per heavy atom. The van der Waals surface area contributed by atoms with Gasteiger partial charge in [0, 0.05) is 29.3 Å². The Kier molecular flexibility index (Phi) is 14.3. The van der Waals surface area contributed by atoms with Crippen LogP contribution in [-0.2, 0) is 13.2 Å². The number of phenols is 9. The molecule has 282 valence electrons. The van der Waals surface area contributed by atoms with Crippen LogP contribution >= 0.6 is 0 Å².